The van der Waals surface area contributed by atoms with E-state index >= 15 is 0 Å². The second-order valence-electron chi connectivity index (χ2n) is 25.3. The summed E-state index contributed by atoms with van der Waals surface area (Å²) in [6, 6.07) is 0. The highest BCUT2D eigenvalue weighted by Crippen LogP contribution is 2.45. The van der Waals surface area contributed by atoms with Gasteiger partial charge in [-0.2, -0.15) is 0 Å². The number of aliphatic hydroxyl groups is 1. The normalized spacial score (nSPS) is 14.3. The zero-order valence-corrected chi connectivity index (χ0v) is 56.9. The van der Waals surface area contributed by atoms with Gasteiger partial charge in [-0.1, -0.05) is 273 Å². The first-order valence-corrected chi connectivity index (χ1v) is 37.3. The Labute approximate surface area is 517 Å². The third kappa shape index (κ3) is 60.7. The number of ether oxygens (including phenoxy) is 4. The monoisotopic (exact) mass is 1250 g/mol. The zero-order valence-electron chi connectivity index (χ0n) is 55.1. The maximum absolute atomic E-state index is 13.0. The highest BCUT2D eigenvalue weighted by atomic mass is 31.2. The van der Waals surface area contributed by atoms with Gasteiger partial charge in [-0.25, -0.2) is 9.13 Å². The SMILES string of the molecule is CCCCCCCC(=O)OC[C@H](COP(=O)(O)OC[C@H](O)COP(=O)(O)OC[C@@H](COC(=O)CCCCCCCCCCCC(C)C)OC(=O)CCCCCCCCCCCCCCCC(C)C)OC(=O)CCCCCCCCCCCC(C)C. The van der Waals surface area contributed by atoms with Crippen LogP contribution in [0.2, 0.25) is 0 Å². The molecule has 0 aliphatic heterocycles. The Kier molecular flexibility index (Phi) is 55.9. The van der Waals surface area contributed by atoms with Crippen LogP contribution in [0.3, 0.4) is 0 Å². The summed E-state index contributed by atoms with van der Waals surface area (Å²) in [5.41, 5.74) is 0. The lowest BCUT2D eigenvalue weighted by Gasteiger charge is -2.21. The van der Waals surface area contributed by atoms with E-state index in [0.717, 1.165) is 114 Å². The van der Waals surface area contributed by atoms with E-state index in [4.69, 9.17) is 37.0 Å². The van der Waals surface area contributed by atoms with Crippen LogP contribution in [0.5, 0.6) is 0 Å². The van der Waals surface area contributed by atoms with Crippen LogP contribution in [0.25, 0.3) is 0 Å². The van der Waals surface area contributed by atoms with E-state index < -0.39 is 97.5 Å². The molecular formula is C66H128O17P2. The predicted molar refractivity (Wildman–Crippen MR) is 340 cm³/mol. The minimum absolute atomic E-state index is 0.104. The van der Waals surface area contributed by atoms with Crippen LogP contribution in [0, 0.1) is 17.8 Å². The van der Waals surface area contributed by atoms with Crippen molar-refractivity contribution >= 4 is 39.5 Å². The number of phosphoric acid groups is 2. The number of carbonyl (C=O) groups excluding carboxylic acids is 4. The Hall–Kier alpha value is -1.94. The molecule has 0 saturated carbocycles. The lowest BCUT2D eigenvalue weighted by molar-refractivity contribution is -0.161. The summed E-state index contributed by atoms with van der Waals surface area (Å²) >= 11 is 0. The van der Waals surface area contributed by atoms with Gasteiger partial charge in [0, 0.05) is 25.7 Å². The second kappa shape index (κ2) is 57.2. The van der Waals surface area contributed by atoms with Gasteiger partial charge in [0.2, 0.25) is 0 Å². The van der Waals surface area contributed by atoms with Gasteiger partial charge in [-0.15, -0.1) is 0 Å². The maximum Gasteiger partial charge on any atom is 0.472 e. The number of unbranched alkanes of at least 4 members (excludes halogenated alkanes) is 32. The summed E-state index contributed by atoms with van der Waals surface area (Å²) in [5, 5.41) is 10.5. The number of esters is 4. The van der Waals surface area contributed by atoms with Crippen molar-refractivity contribution in [2.45, 2.75) is 343 Å². The van der Waals surface area contributed by atoms with Crippen molar-refractivity contribution in [3.8, 4) is 0 Å². The molecule has 0 aromatic carbocycles. The van der Waals surface area contributed by atoms with Crippen molar-refractivity contribution in [1.82, 2.24) is 0 Å². The number of aliphatic hydroxyl groups excluding tert-OH is 1. The van der Waals surface area contributed by atoms with Gasteiger partial charge < -0.3 is 33.8 Å². The molecule has 0 aliphatic carbocycles. The van der Waals surface area contributed by atoms with Gasteiger partial charge >= 0.3 is 39.5 Å². The van der Waals surface area contributed by atoms with Crippen LogP contribution in [0.1, 0.15) is 325 Å². The molecule has 3 N–H and O–H groups in total. The first-order valence-electron chi connectivity index (χ1n) is 34.3. The standard InChI is InChI=1S/C66H128O17P2/c1-8-9-10-30-40-47-63(68)76-53-61(82-66(71)50-43-36-29-23-17-20-26-33-39-46-59(6)7)55-80-84(72,73)78-51-60(67)52-79-85(74,75)81-56-62(54-77-64(69)48-41-34-27-22-16-19-25-32-38-45-58(4)5)83-65(70)49-42-35-28-21-15-13-11-12-14-18-24-31-37-44-57(2)3/h57-62,67H,8-56H2,1-7H3,(H,72,73)(H,74,75)/t60-,61+,62+/m0/s1. The molecule has 2 unspecified atom stereocenters. The molecule has 0 saturated heterocycles. The molecule has 0 heterocycles. The highest BCUT2D eigenvalue weighted by Gasteiger charge is 2.30. The lowest BCUT2D eigenvalue weighted by Crippen LogP contribution is -2.30. The van der Waals surface area contributed by atoms with Gasteiger partial charge in [0.05, 0.1) is 26.4 Å². The average Bonchev–Trinajstić information content (AvgIpc) is 3.57. The van der Waals surface area contributed by atoms with Crippen LogP contribution >= 0.6 is 15.6 Å². The van der Waals surface area contributed by atoms with E-state index in [1.165, 1.54) is 128 Å². The summed E-state index contributed by atoms with van der Waals surface area (Å²) in [7, 11) is -9.88. The van der Waals surface area contributed by atoms with E-state index in [9.17, 15) is 43.2 Å². The summed E-state index contributed by atoms with van der Waals surface area (Å²) in [5.74, 6) is 0.124. The molecule has 0 aliphatic rings. The quantitative estimate of drug-likeness (QED) is 0.0222. The average molecular weight is 1260 g/mol. The van der Waals surface area contributed by atoms with Gasteiger partial charge in [0.15, 0.2) is 12.2 Å². The lowest BCUT2D eigenvalue weighted by atomic mass is 10.0. The highest BCUT2D eigenvalue weighted by molar-refractivity contribution is 7.47. The molecule has 0 aromatic rings. The van der Waals surface area contributed by atoms with E-state index in [-0.39, 0.29) is 25.7 Å². The summed E-state index contributed by atoms with van der Waals surface area (Å²) in [6.45, 7) is 11.7. The van der Waals surface area contributed by atoms with Crippen LogP contribution in [-0.4, -0.2) is 96.7 Å². The van der Waals surface area contributed by atoms with Gasteiger partial charge in [-0.05, 0) is 43.4 Å². The molecule has 0 bridgehead atoms. The topological polar surface area (TPSA) is 237 Å². The molecule has 19 heteroatoms. The van der Waals surface area contributed by atoms with Crippen LogP contribution in [-0.2, 0) is 65.4 Å². The van der Waals surface area contributed by atoms with Gasteiger partial charge in [-0.3, -0.25) is 37.3 Å². The Bertz CT molecular complexity index is 1680. The summed E-state index contributed by atoms with van der Waals surface area (Å²) in [4.78, 5) is 72.1. The van der Waals surface area contributed by atoms with Gasteiger partial charge in [0.1, 0.15) is 19.3 Å². The van der Waals surface area contributed by atoms with E-state index in [2.05, 4.69) is 48.5 Å². The molecule has 85 heavy (non-hydrogen) atoms. The minimum Gasteiger partial charge on any atom is -0.462 e. The smallest absolute Gasteiger partial charge is 0.462 e. The van der Waals surface area contributed by atoms with Crippen molar-refractivity contribution in [2.24, 2.45) is 17.8 Å². The number of rotatable bonds is 64. The Morgan fingerprint density at radius 1 is 0.318 bits per heavy atom. The molecule has 0 aromatic heterocycles. The number of hydrogen-bond donors (Lipinski definition) is 3. The molecular weight excluding hydrogens is 1130 g/mol. The van der Waals surface area contributed by atoms with Crippen molar-refractivity contribution in [1.29, 1.82) is 0 Å². The molecule has 0 amide bonds. The van der Waals surface area contributed by atoms with Crippen molar-refractivity contribution in [2.75, 3.05) is 39.6 Å². The fourth-order valence-electron chi connectivity index (χ4n) is 9.83. The molecule has 0 spiro atoms. The van der Waals surface area contributed by atoms with E-state index in [1.54, 1.807) is 0 Å². The molecule has 0 rings (SSSR count). The Morgan fingerprint density at radius 2 is 0.541 bits per heavy atom. The third-order valence-corrected chi connectivity index (χ3v) is 17.0. The zero-order chi connectivity index (χ0) is 63.1. The Morgan fingerprint density at radius 3 is 0.800 bits per heavy atom. The molecule has 0 radical (unpaired) electrons. The molecule has 504 valence electrons. The van der Waals surface area contributed by atoms with Gasteiger partial charge in [0.25, 0.3) is 0 Å². The fourth-order valence-corrected chi connectivity index (χ4v) is 11.4. The first kappa shape index (κ1) is 83.1. The first-order chi connectivity index (χ1) is 40.7. The number of phosphoric ester groups is 2. The maximum atomic E-state index is 13.0. The molecule has 0 fully saturated rings. The molecule has 5 atom stereocenters. The van der Waals surface area contributed by atoms with E-state index in [0.29, 0.717) is 25.7 Å². The van der Waals surface area contributed by atoms with E-state index in [1.807, 2.05) is 0 Å². The third-order valence-electron chi connectivity index (χ3n) is 15.1. The summed E-state index contributed by atoms with van der Waals surface area (Å²) < 4.78 is 67.9. The largest absolute Gasteiger partial charge is 0.472 e. The minimum atomic E-state index is -4.95. The van der Waals surface area contributed by atoms with Crippen molar-refractivity contribution < 1.29 is 80.2 Å². The second-order valence-corrected chi connectivity index (χ2v) is 28.2. The molecule has 17 nitrogen and oxygen atoms in total. The number of carbonyl (C=O) groups is 4. The van der Waals surface area contributed by atoms with Crippen molar-refractivity contribution in [3.05, 3.63) is 0 Å². The van der Waals surface area contributed by atoms with Crippen LogP contribution in [0.4, 0.5) is 0 Å². The van der Waals surface area contributed by atoms with Crippen LogP contribution < -0.4 is 0 Å². The van der Waals surface area contributed by atoms with Crippen LogP contribution in [0.15, 0.2) is 0 Å². The fraction of sp³-hybridized carbons (Fsp3) is 0.939. The summed E-state index contributed by atoms with van der Waals surface area (Å²) in [6.07, 6.45) is 39.3. The van der Waals surface area contributed by atoms with Crippen molar-refractivity contribution in [3.63, 3.8) is 0 Å². The number of hydrogen-bond acceptors (Lipinski definition) is 15. The Balaban J connectivity index is 5.17. The predicted octanol–water partition coefficient (Wildman–Crippen LogP) is 18.3.